The second kappa shape index (κ2) is 5.75. The Hall–Kier alpha value is -1.33. The highest BCUT2D eigenvalue weighted by Crippen LogP contribution is 2.24. The van der Waals surface area contributed by atoms with Gasteiger partial charge >= 0.3 is 0 Å². The molecule has 0 aliphatic carbocycles. The Kier molecular flexibility index (Phi) is 4.27. The summed E-state index contributed by atoms with van der Waals surface area (Å²) < 4.78 is 26.5. The lowest BCUT2D eigenvalue weighted by Gasteiger charge is -2.13. The summed E-state index contributed by atoms with van der Waals surface area (Å²) in [5.41, 5.74) is 1.33. The molecule has 1 unspecified atom stereocenters. The Morgan fingerprint density at radius 2 is 2.05 bits per heavy atom. The first-order valence-electron chi connectivity index (χ1n) is 6.08. The number of halogens is 2. The van der Waals surface area contributed by atoms with E-state index in [9.17, 15) is 8.78 Å². The van der Waals surface area contributed by atoms with E-state index in [4.69, 9.17) is 0 Å². The minimum atomic E-state index is -0.421. The summed E-state index contributed by atoms with van der Waals surface area (Å²) in [7, 11) is 0. The van der Waals surface area contributed by atoms with Gasteiger partial charge in [0.15, 0.2) is 0 Å². The monoisotopic (exact) mass is 282 g/mol. The molecule has 1 atom stereocenters. The molecule has 0 fully saturated rings. The lowest BCUT2D eigenvalue weighted by atomic mass is 10.2. The predicted molar refractivity (Wildman–Crippen MR) is 73.2 cm³/mol. The van der Waals surface area contributed by atoms with Gasteiger partial charge in [0, 0.05) is 23.0 Å². The predicted octanol–water partition coefficient (Wildman–Crippen LogP) is 3.89. The van der Waals surface area contributed by atoms with Crippen molar-refractivity contribution in [3.63, 3.8) is 0 Å². The van der Waals surface area contributed by atoms with Crippen molar-refractivity contribution in [1.29, 1.82) is 0 Å². The third kappa shape index (κ3) is 3.36. The van der Waals surface area contributed by atoms with Gasteiger partial charge in [-0.05, 0) is 39.0 Å². The molecule has 102 valence electrons. The van der Waals surface area contributed by atoms with Crippen LogP contribution in [0.3, 0.4) is 0 Å². The Bertz CT molecular complexity index is 581. The number of hydrogen-bond acceptors (Lipinski definition) is 3. The van der Waals surface area contributed by atoms with Crippen molar-refractivity contribution in [2.45, 2.75) is 33.4 Å². The minimum absolute atomic E-state index is 0.0638. The van der Waals surface area contributed by atoms with Crippen molar-refractivity contribution in [3.05, 3.63) is 51.0 Å². The molecule has 5 heteroatoms. The first-order valence-corrected chi connectivity index (χ1v) is 6.90. The summed E-state index contributed by atoms with van der Waals surface area (Å²) in [5.74, 6) is -0.811. The maximum Gasteiger partial charge on any atom is 0.127 e. The van der Waals surface area contributed by atoms with Crippen LogP contribution in [-0.2, 0) is 6.54 Å². The second-order valence-corrected chi connectivity index (χ2v) is 5.76. The van der Waals surface area contributed by atoms with Crippen LogP contribution in [0.5, 0.6) is 0 Å². The summed E-state index contributed by atoms with van der Waals surface area (Å²) in [6.45, 7) is 6.21. The molecule has 1 aromatic heterocycles. The third-order valence-electron chi connectivity index (χ3n) is 2.94. The molecular formula is C14H16F2N2S. The smallest absolute Gasteiger partial charge is 0.127 e. The van der Waals surface area contributed by atoms with E-state index in [1.54, 1.807) is 11.3 Å². The standard InChI is InChI=1S/C14H16F2N2S/c1-8(14-9(2)18-10(3)19-14)17-7-11-6-12(15)4-5-13(11)16/h4-6,8,17H,7H2,1-3H3. The van der Waals surface area contributed by atoms with Crippen molar-refractivity contribution in [3.8, 4) is 0 Å². The Morgan fingerprint density at radius 3 is 2.68 bits per heavy atom. The molecule has 2 aromatic rings. The fourth-order valence-corrected chi connectivity index (χ4v) is 2.94. The number of benzene rings is 1. The Labute approximate surface area is 115 Å². The normalized spacial score (nSPS) is 12.7. The summed E-state index contributed by atoms with van der Waals surface area (Å²) in [5, 5.41) is 4.21. The lowest BCUT2D eigenvalue weighted by Crippen LogP contribution is -2.18. The van der Waals surface area contributed by atoms with Crippen LogP contribution in [0.2, 0.25) is 0 Å². The van der Waals surface area contributed by atoms with Gasteiger partial charge in [-0.15, -0.1) is 11.3 Å². The maximum absolute atomic E-state index is 13.5. The molecule has 0 saturated heterocycles. The molecule has 2 rings (SSSR count). The largest absolute Gasteiger partial charge is 0.305 e. The van der Waals surface area contributed by atoms with Crippen LogP contribution in [0.4, 0.5) is 8.78 Å². The zero-order chi connectivity index (χ0) is 14.0. The molecule has 1 N–H and O–H groups in total. The van der Waals surface area contributed by atoms with Gasteiger partial charge in [-0.25, -0.2) is 13.8 Å². The highest BCUT2D eigenvalue weighted by atomic mass is 32.1. The number of hydrogen-bond donors (Lipinski definition) is 1. The van der Waals surface area contributed by atoms with Crippen molar-refractivity contribution in [2.75, 3.05) is 0 Å². The molecule has 1 heterocycles. The summed E-state index contributed by atoms with van der Waals surface area (Å²) in [6.07, 6.45) is 0. The van der Waals surface area contributed by atoms with E-state index in [2.05, 4.69) is 10.3 Å². The average Bonchev–Trinajstić information content (AvgIpc) is 2.69. The Balaban J connectivity index is 2.06. The van der Waals surface area contributed by atoms with Crippen LogP contribution >= 0.6 is 11.3 Å². The number of nitrogens with zero attached hydrogens (tertiary/aromatic N) is 1. The van der Waals surface area contributed by atoms with Gasteiger partial charge in [0.2, 0.25) is 0 Å². The number of aryl methyl sites for hydroxylation is 2. The van der Waals surface area contributed by atoms with Crippen LogP contribution < -0.4 is 5.32 Å². The number of aromatic nitrogens is 1. The fraction of sp³-hybridized carbons (Fsp3) is 0.357. The zero-order valence-electron chi connectivity index (χ0n) is 11.1. The SMILES string of the molecule is Cc1nc(C)c(C(C)NCc2cc(F)ccc2F)s1. The van der Waals surface area contributed by atoms with Gasteiger partial charge in [-0.3, -0.25) is 0 Å². The van der Waals surface area contributed by atoms with Gasteiger partial charge in [-0.1, -0.05) is 0 Å². The molecule has 2 nitrogen and oxygen atoms in total. The van der Waals surface area contributed by atoms with E-state index in [0.29, 0.717) is 12.1 Å². The van der Waals surface area contributed by atoms with Crippen LogP contribution in [0.25, 0.3) is 0 Å². The maximum atomic E-state index is 13.5. The number of rotatable bonds is 4. The highest BCUT2D eigenvalue weighted by molar-refractivity contribution is 7.11. The van der Waals surface area contributed by atoms with Crippen molar-refractivity contribution < 1.29 is 8.78 Å². The lowest BCUT2D eigenvalue weighted by molar-refractivity contribution is 0.538. The van der Waals surface area contributed by atoms with E-state index in [1.807, 2.05) is 20.8 Å². The van der Waals surface area contributed by atoms with Crippen LogP contribution in [0.1, 0.15) is 34.1 Å². The molecule has 0 saturated carbocycles. The zero-order valence-corrected chi connectivity index (χ0v) is 11.9. The van der Waals surface area contributed by atoms with Crippen molar-refractivity contribution >= 4 is 11.3 Å². The molecule has 19 heavy (non-hydrogen) atoms. The topological polar surface area (TPSA) is 24.9 Å². The highest BCUT2D eigenvalue weighted by Gasteiger charge is 2.13. The summed E-state index contributed by atoms with van der Waals surface area (Å²) in [6, 6.07) is 3.56. The first-order chi connectivity index (χ1) is 8.97. The molecular weight excluding hydrogens is 266 g/mol. The minimum Gasteiger partial charge on any atom is -0.305 e. The van der Waals surface area contributed by atoms with Gasteiger partial charge in [0.25, 0.3) is 0 Å². The molecule has 0 radical (unpaired) electrons. The van der Waals surface area contributed by atoms with Crippen LogP contribution in [-0.4, -0.2) is 4.98 Å². The van der Waals surface area contributed by atoms with Gasteiger partial charge in [-0.2, -0.15) is 0 Å². The average molecular weight is 282 g/mol. The van der Waals surface area contributed by atoms with Crippen LogP contribution in [0, 0.1) is 25.5 Å². The summed E-state index contributed by atoms with van der Waals surface area (Å²) in [4.78, 5) is 5.50. The molecule has 0 bridgehead atoms. The molecule has 0 spiro atoms. The van der Waals surface area contributed by atoms with Gasteiger partial charge in [0.05, 0.1) is 10.7 Å². The third-order valence-corrected chi connectivity index (χ3v) is 4.19. The van der Waals surface area contributed by atoms with E-state index in [1.165, 1.54) is 6.07 Å². The Morgan fingerprint density at radius 1 is 1.32 bits per heavy atom. The molecule has 0 aliphatic rings. The van der Waals surface area contributed by atoms with Gasteiger partial charge in [0.1, 0.15) is 11.6 Å². The second-order valence-electron chi connectivity index (χ2n) is 4.52. The van der Waals surface area contributed by atoms with E-state index in [-0.39, 0.29) is 6.04 Å². The molecule has 0 amide bonds. The number of nitrogens with one attached hydrogen (secondary N) is 1. The van der Waals surface area contributed by atoms with E-state index >= 15 is 0 Å². The molecule has 0 aliphatic heterocycles. The van der Waals surface area contributed by atoms with Crippen molar-refractivity contribution in [2.24, 2.45) is 0 Å². The quantitative estimate of drug-likeness (QED) is 0.920. The van der Waals surface area contributed by atoms with E-state index < -0.39 is 11.6 Å². The fourth-order valence-electron chi connectivity index (χ4n) is 1.98. The van der Waals surface area contributed by atoms with E-state index in [0.717, 1.165) is 27.7 Å². The van der Waals surface area contributed by atoms with Crippen molar-refractivity contribution in [1.82, 2.24) is 10.3 Å². The summed E-state index contributed by atoms with van der Waals surface area (Å²) >= 11 is 1.62. The van der Waals surface area contributed by atoms with Gasteiger partial charge < -0.3 is 5.32 Å². The van der Waals surface area contributed by atoms with Crippen LogP contribution in [0.15, 0.2) is 18.2 Å². The first kappa shape index (κ1) is 14.1. The number of thiazole rings is 1. The molecule has 1 aromatic carbocycles.